The molecule has 1 aromatic rings. The van der Waals surface area contributed by atoms with Crippen molar-refractivity contribution < 1.29 is 32.0 Å². The molecule has 0 bridgehead atoms. The number of anilines is 1. The molecule has 0 spiro atoms. The highest BCUT2D eigenvalue weighted by molar-refractivity contribution is 6.62. The molecule has 0 atom stereocenters. The first-order chi connectivity index (χ1) is 10.9. The Morgan fingerprint density at radius 3 is 2.29 bits per heavy atom. The number of benzene rings is 1. The van der Waals surface area contributed by atoms with Gasteiger partial charge in [-0.2, -0.15) is 0 Å². The van der Waals surface area contributed by atoms with E-state index in [2.05, 4.69) is 10.1 Å². The monoisotopic (exact) mass is 343 g/mol. The molecular weight excluding hydrogens is 326 g/mol. The molecule has 5 nitrogen and oxygen atoms in total. The number of hydrogen-bond acceptors (Lipinski definition) is 4. The molecule has 2 aliphatic heterocycles. The number of carbonyl (C=O) groups is 1. The van der Waals surface area contributed by atoms with Gasteiger partial charge in [0.05, 0.1) is 23.3 Å². The van der Waals surface area contributed by atoms with E-state index in [1.165, 1.54) is 6.07 Å². The van der Waals surface area contributed by atoms with Gasteiger partial charge in [-0.3, -0.25) is 4.79 Å². The van der Waals surface area contributed by atoms with Gasteiger partial charge in [0.25, 0.3) is 0 Å². The minimum absolute atomic E-state index is 0.0170. The third-order valence-corrected chi connectivity index (χ3v) is 4.57. The summed E-state index contributed by atoms with van der Waals surface area (Å²) in [5.74, 6) is -0.848. The highest BCUT2D eigenvalue weighted by atomic mass is 19.4. The van der Waals surface area contributed by atoms with Crippen LogP contribution in [0.4, 0.5) is 18.9 Å². The fraction of sp³-hybridized carbons (Fsp3) is 0.533. The quantitative estimate of drug-likeness (QED) is 0.838. The van der Waals surface area contributed by atoms with E-state index in [1.54, 1.807) is 6.07 Å². The number of halogens is 3. The standard InChI is InChI=1S/C15H17BF3NO4/c1-13(2)14(3,4)24-16(23-13)9-5-8-6-11(21)20-12(8)10(7-9)22-15(17,18)19/h5,7H,6H2,1-4H3,(H,20,21). The smallest absolute Gasteiger partial charge is 0.404 e. The SMILES string of the molecule is CC1(C)OB(c2cc3c(c(OC(F)(F)F)c2)NC(=O)C3)OC1(C)C. The molecule has 0 saturated carbocycles. The lowest BCUT2D eigenvalue weighted by atomic mass is 9.78. The maximum absolute atomic E-state index is 12.7. The van der Waals surface area contributed by atoms with E-state index >= 15 is 0 Å². The lowest BCUT2D eigenvalue weighted by Crippen LogP contribution is -2.41. The van der Waals surface area contributed by atoms with Crippen LogP contribution in [0.3, 0.4) is 0 Å². The lowest BCUT2D eigenvalue weighted by Gasteiger charge is -2.32. The lowest BCUT2D eigenvalue weighted by molar-refractivity contribution is -0.274. The molecule has 3 rings (SSSR count). The van der Waals surface area contributed by atoms with E-state index in [0.717, 1.165) is 0 Å². The van der Waals surface area contributed by atoms with Gasteiger partial charge in [0.2, 0.25) is 5.91 Å². The zero-order valence-electron chi connectivity index (χ0n) is 13.7. The normalized spacial score (nSPS) is 21.6. The minimum Gasteiger partial charge on any atom is -0.404 e. The van der Waals surface area contributed by atoms with Crippen LogP contribution in [-0.4, -0.2) is 30.6 Å². The van der Waals surface area contributed by atoms with Gasteiger partial charge in [-0.25, -0.2) is 0 Å². The van der Waals surface area contributed by atoms with Gasteiger partial charge in [-0.05, 0) is 44.8 Å². The van der Waals surface area contributed by atoms with Crippen LogP contribution in [0, 0.1) is 0 Å². The van der Waals surface area contributed by atoms with Crippen LogP contribution in [0.25, 0.3) is 0 Å². The maximum Gasteiger partial charge on any atom is 0.573 e. The summed E-state index contributed by atoms with van der Waals surface area (Å²) in [5, 5.41) is 2.39. The van der Waals surface area contributed by atoms with Crippen LogP contribution in [0.2, 0.25) is 0 Å². The zero-order valence-corrected chi connectivity index (χ0v) is 13.7. The van der Waals surface area contributed by atoms with Crippen molar-refractivity contribution in [1.82, 2.24) is 0 Å². The van der Waals surface area contributed by atoms with E-state index in [4.69, 9.17) is 9.31 Å². The topological polar surface area (TPSA) is 56.8 Å². The Balaban J connectivity index is 2.00. The predicted octanol–water partition coefficient (Wildman–Crippen LogP) is 2.38. The molecule has 2 heterocycles. The van der Waals surface area contributed by atoms with Crippen molar-refractivity contribution in [3.05, 3.63) is 17.7 Å². The van der Waals surface area contributed by atoms with Crippen molar-refractivity contribution in [2.45, 2.75) is 51.7 Å². The number of carbonyl (C=O) groups excluding carboxylic acids is 1. The van der Waals surface area contributed by atoms with Crippen LogP contribution < -0.4 is 15.5 Å². The summed E-state index contributed by atoms with van der Waals surface area (Å²) < 4.78 is 53.8. The molecule has 1 N–H and O–H groups in total. The maximum atomic E-state index is 12.7. The fourth-order valence-electron chi connectivity index (χ4n) is 2.66. The largest absolute Gasteiger partial charge is 0.573 e. The summed E-state index contributed by atoms with van der Waals surface area (Å²) in [6.07, 6.45) is -4.88. The summed E-state index contributed by atoms with van der Waals surface area (Å²) in [6.45, 7) is 7.38. The van der Waals surface area contributed by atoms with E-state index in [1.807, 2.05) is 27.7 Å². The number of fused-ring (bicyclic) bond motifs is 1. The number of nitrogens with one attached hydrogen (secondary N) is 1. The molecule has 0 aromatic heterocycles. The summed E-state index contributed by atoms with van der Waals surface area (Å²) in [7, 11) is -0.841. The molecule has 1 aromatic carbocycles. The highest BCUT2D eigenvalue weighted by Crippen LogP contribution is 2.39. The Labute approximate surface area is 137 Å². The first-order valence-electron chi connectivity index (χ1n) is 7.46. The van der Waals surface area contributed by atoms with Gasteiger partial charge in [-0.1, -0.05) is 6.07 Å². The number of hydrogen-bond donors (Lipinski definition) is 1. The molecule has 9 heteroatoms. The van der Waals surface area contributed by atoms with Crippen LogP contribution >= 0.6 is 0 Å². The van der Waals surface area contributed by atoms with E-state index < -0.39 is 30.4 Å². The molecule has 2 aliphatic rings. The van der Waals surface area contributed by atoms with Crippen LogP contribution in [0.1, 0.15) is 33.3 Å². The van der Waals surface area contributed by atoms with Crippen LogP contribution in [-0.2, 0) is 20.5 Å². The molecule has 130 valence electrons. The summed E-state index contributed by atoms with van der Waals surface area (Å²) in [6, 6.07) is 2.80. The van der Waals surface area contributed by atoms with E-state index in [0.29, 0.717) is 11.0 Å². The second-order valence-electron chi connectivity index (χ2n) is 6.91. The second-order valence-corrected chi connectivity index (χ2v) is 6.91. The molecule has 24 heavy (non-hydrogen) atoms. The molecule has 1 amide bonds. The first-order valence-corrected chi connectivity index (χ1v) is 7.46. The van der Waals surface area contributed by atoms with Gasteiger partial charge in [0.1, 0.15) is 0 Å². The van der Waals surface area contributed by atoms with Gasteiger partial charge in [0.15, 0.2) is 5.75 Å². The van der Waals surface area contributed by atoms with Crippen molar-refractivity contribution >= 4 is 24.2 Å². The molecule has 1 fully saturated rings. The number of rotatable bonds is 2. The van der Waals surface area contributed by atoms with Crippen molar-refractivity contribution in [3.8, 4) is 5.75 Å². The van der Waals surface area contributed by atoms with Crippen molar-refractivity contribution in [3.63, 3.8) is 0 Å². The number of alkyl halides is 3. The average Bonchev–Trinajstić information content (AvgIpc) is 2.85. The number of amides is 1. The Bertz CT molecular complexity index is 687. The van der Waals surface area contributed by atoms with Crippen molar-refractivity contribution in [1.29, 1.82) is 0 Å². The minimum atomic E-state index is -4.87. The Morgan fingerprint density at radius 1 is 1.17 bits per heavy atom. The third-order valence-electron chi connectivity index (χ3n) is 4.57. The Morgan fingerprint density at radius 2 is 1.75 bits per heavy atom. The summed E-state index contributed by atoms with van der Waals surface area (Å²) in [4.78, 5) is 11.5. The zero-order chi connectivity index (χ0) is 17.9. The molecule has 0 unspecified atom stereocenters. The third kappa shape index (κ3) is 2.98. The Kier molecular flexibility index (Phi) is 3.65. The Hall–Kier alpha value is -1.74. The molecule has 0 aliphatic carbocycles. The highest BCUT2D eigenvalue weighted by Gasteiger charge is 2.52. The van der Waals surface area contributed by atoms with E-state index in [-0.39, 0.29) is 18.0 Å². The van der Waals surface area contributed by atoms with Crippen molar-refractivity contribution in [2.75, 3.05) is 5.32 Å². The summed E-state index contributed by atoms with van der Waals surface area (Å²) in [5.41, 5.74) is -0.418. The predicted molar refractivity (Wildman–Crippen MR) is 81.2 cm³/mol. The average molecular weight is 343 g/mol. The van der Waals surface area contributed by atoms with Crippen LogP contribution in [0.5, 0.6) is 5.75 Å². The molecule has 0 radical (unpaired) electrons. The van der Waals surface area contributed by atoms with Gasteiger partial charge in [-0.15, -0.1) is 13.2 Å². The van der Waals surface area contributed by atoms with Gasteiger partial charge >= 0.3 is 13.5 Å². The number of ether oxygens (including phenoxy) is 1. The van der Waals surface area contributed by atoms with Crippen LogP contribution in [0.15, 0.2) is 12.1 Å². The van der Waals surface area contributed by atoms with Gasteiger partial charge < -0.3 is 19.4 Å². The second kappa shape index (κ2) is 5.13. The van der Waals surface area contributed by atoms with Crippen molar-refractivity contribution in [2.24, 2.45) is 0 Å². The fourth-order valence-corrected chi connectivity index (χ4v) is 2.66. The summed E-state index contributed by atoms with van der Waals surface area (Å²) >= 11 is 0. The molecular formula is C15H17BF3NO4. The first kappa shape index (κ1) is 17.1. The van der Waals surface area contributed by atoms with Gasteiger partial charge in [0, 0.05) is 0 Å². The van der Waals surface area contributed by atoms with E-state index in [9.17, 15) is 18.0 Å². The molecule has 1 saturated heterocycles.